The summed E-state index contributed by atoms with van der Waals surface area (Å²) in [5.74, 6) is -4.83. The average Bonchev–Trinajstić information content (AvgIpc) is 2.11. The Morgan fingerprint density at radius 1 is 1.06 bits per heavy atom. The van der Waals surface area contributed by atoms with Crippen LogP contribution < -0.4 is 10.2 Å². The second-order valence-corrected chi connectivity index (χ2v) is 4.37. The number of carbonyl (C=O) groups excluding carboxylic acids is 2. The highest BCUT2D eigenvalue weighted by Gasteiger charge is 2.23. The summed E-state index contributed by atoms with van der Waals surface area (Å²) in [4.78, 5) is 29.3. The molecule has 9 nitrogen and oxygen atoms in total. The van der Waals surface area contributed by atoms with Gasteiger partial charge in [-0.15, -0.1) is 0 Å². The van der Waals surface area contributed by atoms with Crippen LogP contribution in [0.5, 0.6) is 0 Å². The molecule has 106 valence electrons. The topological polar surface area (TPSA) is 158 Å². The Balaban J connectivity index is 0. The molecule has 0 spiro atoms. The van der Waals surface area contributed by atoms with Gasteiger partial charge in [0.25, 0.3) is 0 Å². The lowest BCUT2D eigenvalue weighted by atomic mass is 10.2. The second-order valence-electron chi connectivity index (χ2n) is 4.37. The van der Waals surface area contributed by atoms with Crippen LogP contribution in [0.1, 0.15) is 0 Å². The van der Waals surface area contributed by atoms with Gasteiger partial charge < -0.3 is 39.6 Å². The van der Waals surface area contributed by atoms with Gasteiger partial charge in [-0.25, -0.2) is 4.79 Å². The summed E-state index contributed by atoms with van der Waals surface area (Å²) in [6.45, 7) is 0.0694. The monoisotopic (exact) mass is 266 g/mol. The van der Waals surface area contributed by atoms with Crippen LogP contribution in [0.4, 0.5) is 0 Å². The minimum Gasteiger partial charge on any atom is -0.547 e. The van der Waals surface area contributed by atoms with Crippen molar-refractivity contribution in [3.63, 3.8) is 0 Å². The minimum absolute atomic E-state index is 0.0694. The summed E-state index contributed by atoms with van der Waals surface area (Å²) in [6, 6.07) is 0. The molecule has 0 radical (unpaired) electrons. The molecule has 0 saturated carbocycles. The zero-order chi connectivity index (χ0) is 15.1. The zero-order valence-corrected chi connectivity index (χ0v) is 10.2. The van der Waals surface area contributed by atoms with Crippen molar-refractivity contribution in [1.82, 2.24) is 0 Å². The van der Waals surface area contributed by atoms with E-state index in [9.17, 15) is 24.6 Å². The predicted molar refractivity (Wildman–Crippen MR) is 52.6 cm³/mol. The van der Waals surface area contributed by atoms with Gasteiger partial charge >= 0.3 is 5.97 Å². The molecule has 0 bridgehead atoms. The number of aliphatic hydroxyl groups excluding tert-OH is 2. The molecule has 0 unspecified atom stereocenters. The van der Waals surface area contributed by atoms with Crippen molar-refractivity contribution in [3.8, 4) is 0 Å². The molecule has 0 aliphatic carbocycles. The number of likely N-dealkylation sites (N-methyl/N-ethyl adjacent to an activating group) is 1. The summed E-state index contributed by atoms with van der Waals surface area (Å²) < 4.78 is 0.419. The molecule has 0 fully saturated rings. The molecule has 0 rings (SSSR count). The van der Waals surface area contributed by atoms with E-state index in [0.29, 0.717) is 4.48 Å². The SMILES string of the molecule is C[N+](C)(C)CC(=O)[O-].O=C([O-])[C@H](O)[C@@H](O)C(=O)O. The lowest BCUT2D eigenvalue weighted by Gasteiger charge is -2.23. The molecule has 0 aromatic heterocycles. The summed E-state index contributed by atoms with van der Waals surface area (Å²) in [7, 11) is 5.40. The van der Waals surface area contributed by atoms with Gasteiger partial charge in [0.15, 0.2) is 6.10 Å². The number of aliphatic hydroxyl groups is 2. The minimum atomic E-state index is -2.38. The number of quaternary nitrogens is 1. The van der Waals surface area contributed by atoms with E-state index in [1.54, 1.807) is 21.1 Å². The molecule has 0 aliphatic heterocycles. The summed E-state index contributed by atoms with van der Waals surface area (Å²) in [5, 5.41) is 44.0. The smallest absolute Gasteiger partial charge is 0.335 e. The van der Waals surface area contributed by atoms with Gasteiger partial charge in [0.2, 0.25) is 0 Å². The van der Waals surface area contributed by atoms with Crippen molar-refractivity contribution >= 4 is 17.9 Å². The van der Waals surface area contributed by atoms with E-state index in [4.69, 9.17) is 15.3 Å². The fourth-order valence-electron chi connectivity index (χ4n) is 0.651. The molecule has 0 aromatic rings. The third kappa shape index (κ3) is 10.8. The van der Waals surface area contributed by atoms with Crippen molar-refractivity contribution < 1.29 is 44.4 Å². The second kappa shape index (κ2) is 7.58. The van der Waals surface area contributed by atoms with Gasteiger partial charge in [-0.05, 0) is 0 Å². The van der Waals surface area contributed by atoms with Crippen LogP contribution >= 0.6 is 0 Å². The largest absolute Gasteiger partial charge is 0.547 e. The molecule has 2 atom stereocenters. The molecule has 0 saturated heterocycles. The van der Waals surface area contributed by atoms with Crippen LogP contribution in [0.25, 0.3) is 0 Å². The molecule has 0 aromatic carbocycles. The summed E-state index contributed by atoms with van der Waals surface area (Å²) in [5.41, 5.74) is 0. The van der Waals surface area contributed by atoms with Crippen LogP contribution in [0.15, 0.2) is 0 Å². The van der Waals surface area contributed by atoms with Crippen molar-refractivity contribution in [2.24, 2.45) is 0 Å². The first-order valence-electron chi connectivity index (χ1n) is 4.68. The molecule has 3 N–H and O–H groups in total. The van der Waals surface area contributed by atoms with E-state index in [0.717, 1.165) is 0 Å². The maximum absolute atomic E-state index is 9.89. The van der Waals surface area contributed by atoms with E-state index in [1.807, 2.05) is 0 Å². The Morgan fingerprint density at radius 3 is 1.50 bits per heavy atom. The maximum Gasteiger partial charge on any atom is 0.335 e. The average molecular weight is 266 g/mol. The summed E-state index contributed by atoms with van der Waals surface area (Å²) in [6.07, 6.45) is -4.71. The van der Waals surface area contributed by atoms with Crippen molar-refractivity contribution in [2.75, 3.05) is 27.7 Å². The van der Waals surface area contributed by atoms with Crippen LogP contribution in [-0.2, 0) is 14.4 Å². The normalized spacial score (nSPS) is 13.8. The van der Waals surface area contributed by atoms with E-state index >= 15 is 0 Å². The number of rotatable bonds is 5. The van der Waals surface area contributed by atoms with Crippen LogP contribution in [0.3, 0.4) is 0 Å². The first-order chi connectivity index (χ1) is 7.88. The lowest BCUT2D eigenvalue weighted by molar-refractivity contribution is -0.864. The van der Waals surface area contributed by atoms with Crippen LogP contribution in [0.2, 0.25) is 0 Å². The van der Waals surface area contributed by atoms with Crippen LogP contribution in [0, 0.1) is 0 Å². The molecular weight excluding hydrogens is 250 g/mol. The van der Waals surface area contributed by atoms with Crippen molar-refractivity contribution in [2.45, 2.75) is 12.2 Å². The molecule has 0 aliphatic rings. The quantitative estimate of drug-likeness (QED) is 0.417. The Labute approximate surface area is 103 Å². The fourth-order valence-corrected chi connectivity index (χ4v) is 0.651. The van der Waals surface area contributed by atoms with Gasteiger partial charge in [-0.1, -0.05) is 0 Å². The van der Waals surface area contributed by atoms with E-state index in [-0.39, 0.29) is 6.54 Å². The third-order valence-electron chi connectivity index (χ3n) is 1.40. The highest BCUT2D eigenvalue weighted by Crippen LogP contribution is 1.90. The Hall–Kier alpha value is -1.71. The molecule has 0 heterocycles. The van der Waals surface area contributed by atoms with E-state index < -0.39 is 30.1 Å². The molecule has 18 heavy (non-hydrogen) atoms. The molecule has 9 heteroatoms. The number of carboxylic acid groups (broad SMARTS) is 3. The Morgan fingerprint density at radius 2 is 1.44 bits per heavy atom. The third-order valence-corrected chi connectivity index (χ3v) is 1.40. The number of carboxylic acids is 3. The number of nitrogens with zero attached hydrogens (tertiary/aromatic N) is 1. The van der Waals surface area contributed by atoms with Gasteiger partial charge in [0.05, 0.1) is 33.1 Å². The van der Waals surface area contributed by atoms with Crippen molar-refractivity contribution in [3.05, 3.63) is 0 Å². The Bertz CT molecular complexity index is 290. The highest BCUT2D eigenvalue weighted by atomic mass is 16.4. The predicted octanol–water partition coefficient (Wildman–Crippen LogP) is -5.01. The number of hydrogen-bond donors (Lipinski definition) is 3. The first-order valence-corrected chi connectivity index (χ1v) is 4.68. The van der Waals surface area contributed by atoms with Gasteiger partial charge in [0.1, 0.15) is 12.6 Å². The van der Waals surface area contributed by atoms with Gasteiger partial charge in [0, 0.05) is 0 Å². The number of aliphatic carboxylic acids is 3. The lowest BCUT2D eigenvalue weighted by Crippen LogP contribution is -2.46. The van der Waals surface area contributed by atoms with Gasteiger partial charge in [-0.3, -0.25) is 0 Å². The van der Waals surface area contributed by atoms with E-state index in [1.165, 1.54) is 0 Å². The van der Waals surface area contributed by atoms with Crippen molar-refractivity contribution in [1.29, 1.82) is 0 Å². The van der Waals surface area contributed by atoms with Crippen LogP contribution in [-0.4, -0.2) is 77.6 Å². The summed E-state index contributed by atoms with van der Waals surface area (Å²) >= 11 is 0. The molecule has 0 amide bonds. The molecular formula is C9H16NO8-. The zero-order valence-electron chi connectivity index (χ0n) is 10.2. The first kappa shape index (κ1) is 18.6. The number of hydrogen-bond acceptors (Lipinski definition) is 7. The highest BCUT2D eigenvalue weighted by molar-refractivity contribution is 5.82. The van der Waals surface area contributed by atoms with E-state index in [2.05, 4.69) is 0 Å². The fraction of sp³-hybridized carbons (Fsp3) is 0.667. The Kier molecular flexibility index (Phi) is 7.86. The van der Waals surface area contributed by atoms with Gasteiger partial charge in [-0.2, -0.15) is 0 Å². The standard InChI is InChI=1S/C5H11NO2.C4H6O6/c1-6(2,3)4-5(7)8;5-1(3(7)8)2(6)4(9)10/h4H2,1-3H3;1-2,5-6H,(H,7,8)(H,9,10)/p-1/t;1-,2-/m.1/s1. The maximum atomic E-state index is 9.89. The number of carbonyl (C=O) groups is 3.